The highest BCUT2D eigenvalue weighted by Crippen LogP contribution is 2.28. The van der Waals surface area contributed by atoms with Gasteiger partial charge in [-0.05, 0) is 37.3 Å². The lowest BCUT2D eigenvalue weighted by Gasteiger charge is -2.26. The molecule has 2 unspecified atom stereocenters. The zero-order chi connectivity index (χ0) is 14.0. The standard InChI is InChI=1S/C13H22N2O2S2/c1-9-4-3-5-11(6-9)15-19(16,17)13-7-10(2)12(8-14)18-13/h7,9,11,15H,3-6,8,14H2,1-2H3. The van der Waals surface area contributed by atoms with Gasteiger partial charge in [-0.3, -0.25) is 0 Å². The highest BCUT2D eigenvalue weighted by Gasteiger charge is 2.26. The molecule has 3 N–H and O–H groups in total. The summed E-state index contributed by atoms with van der Waals surface area (Å²) in [5.74, 6) is 0.603. The van der Waals surface area contributed by atoms with Crippen LogP contribution in [0.5, 0.6) is 0 Å². The van der Waals surface area contributed by atoms with Crippen molar-refractivity contribution in [1.82, 2.24) is 4.72 Å². The highest BCUT2D eigenvalue weighted by atomic mass is 32.2. The molecule has 0 spiro atoms. The molecule has 1 aromatic rings. The zero-order valence-corrected chi connectivity index (χ0v) is 13.1. The Labute approximate surface area is 119 Å². The number of aryl methyl sites for hydroxylation is 1. The number of rotatable bonds is 4. The van der Waals surface area contributed by atoms with E-state index in [1.807, 2.05) is 6.92 Å². The number of nitrogens with one attached hydrogen (secondary N) is 1. The summed E-state index contributed by atoms with van der Waals surface area (Å²) in [5.41, 5.74) is 6.57. The topological polar surface area (TPSA) is 72.2 Å². The first-order valence-corrected chi connectivity index (χ1v) is 9.04. The van der Waals surface area contributed by atoms with Crippen LogP contribution in [-0.4, -0.2) is 14.5 Å². The number of sulfonamides is 1. The van der Waals surface area contributed by atoms with Crippen LogP contribution in [0.25, 0.3) is 0 Å². The number of hydrogen-bond acceptors (Lipinski definition) is 4. The molecule has 0 bridgehead atoms. The van der Waals surface area contributed by atoms with Crippen molar-refractivity contribution in [1.29, 1.82) is 0 Å². The predicted octanol–water partition coefficient (Wildman–Crippen LogP) is 2.37. The van der Waals surface area contributed by atoms with Gasteiger partial charge in [-0.15, -0.1) is 11.3 Å². The molecule has 4 nitrogen and oxygen atoms in total. The Morgan fingerprint density at radius 1 is 1.47 bits per heavy atom. The van der Waals surface area contributed by atoms with E-state index in [2.05, 4.69) is 11.6 Å². The van der Waals surface area contributed by atoms with Gasteiger partial charge < -0.3 is 5.73 Å². The van der Waals surface area contributed by atoms with Crippen molar-refractivity contribution in [3.63, 3.8) is 0 Å². The molecule has 6 heteroatoms. The Morgan fingerprint density at radius 2 is 2.21 bits per heavy atom. The molecule has 1 aliphatic carbocycles. The molecule has 19 heavy (non-hydrogen) atoms. The summed E-state index contributed by atoms with van der Waals surface area (Å²) in [5, 5.41) is 0. The average molecular weight is 302 g/mol. The van der Waals surface area contributed by atoms with Crippen LogP contribution in [0, 0.1) is 12.8 Å². The summed E-state index contributed by atoms with van der Waals surface area (Å²) in [7, 11) is -3.38. The first-order chi connectivity index (χ1) is 8.92. The Morgan fingerprint density at radius 3 is 2.79 bits per heavy atom. The van der Waals surface area contributed by atoms with Crippen LogP contribution >= 0.6 is 11.3 Å². The van der Waals surface area contributed by atoms with Crippen molar-refractivity contribution in [2.75, 3.05) is 0 Å². The summed E-state index contributed by atoms with van der Waals surface area (Å²) in [4.78, 5) is 0.942. The Bertz CT molecular complexity index is 537. The molecule has 1 heterocycles. The fourth-order valence-corrected chi connectivity index (χ4v) is 5.41. The van der Waals surface area contributed by atoms with E-state index >= 15 is 0 Å². The summed E-state index contributed by atoms with van der Waals surface area (Å²) in [6, 6.07) is 1.80. The van der Waals surface area contributed by atoms with Crippen LogP contribution in [0.2, 0.25) is 0 Å². The van der Waals surface area contributed by atoms with Crippen molar-refractivity contribution >= 4 is 21.4 Å². The van der Waals surface area contributed by atoms with E-state index in [-0.39, 0.29) is 6.04 Å². The molecule has 1 aliphatic rings. The normalized spacial score (nSPS) is 24.6. The van der Waals surface area contributed by atoms with E-state index in [0.29, 0.717) is 16.7 Å². The Balaban J connectivity index is 2.13. The molecule has 0 aliphatic heterocycles. The van der Waals surface area contributed by atoms with Gasteiger partial charge in [0.2, 0.25) is 10.0 Å². The largest absolute Gasteiger partial charge is 0.326 e. The molecule has 0 amide bonds. The zero-order valence-electron chi connectivity index (χ0n) is 11.5. The fourth-order valence-electron chi connectivity index (χ4n) is 2.64. The van der Waals surface area contributed by atoms with Gasteiger partial charge in [0.05, 0.1) is 0 Å². The third kappa shape index (κ3) is 3.56. The smallest absolute Gasteiger partial charge is 0.250 e. The molecule has 0 aromatic carbocycles. The van der Waals surface area contributed by atoms with Gasteiger partial charge in [-0.2, -0.15) is 0 Å². The minimum Gasteiger partial charge on any atom is -0.326 e. The van der Waals surface area contributed by atoms with Crippen molar-refractivity contribution in [3.8, 4) is 0 Å². The maximum absolute atomic E-state index is 12.3. The van der Waals surface area contributed by atoms with E-state index in [1.165, 1.54) is 17.8 Å². The highest BCUT2D eigenvalue weighted by molar-refractivity contribution is 7.91. The van der Waals surface area contributed by atoms with Crippen molar-refractivity contribution < 1.29 is 8.42 Å². The van der Waals surface area contributed by atoms with Gasteiger partial charge in [0, 0.05) is 17.5 Å². The van der Waals surface area contributed by atoms with E-state index in [1.54, 1.807) is 6.07 Å². The summed E-state index contributed by atoms with van der Waals surface area (Å²) < 4.78 is 27.9. The van der Waals surface area contributed by atoms with Gasteiger partial charge in [0.1, 0.15) is 4.21 Å². The lowest BCUT2D eigenvalue weighted by molar-refractivity contribution is 0.327. The quantitative estimate of drug-likeness (QED) is 0.897. The van der Waals surface area contributed by atoms with E-state index < -0.39 is 10.0 Å². The lowest BCUT2D eigenvalue weighted by Crippen LogP contribution is -2.37. The summed E-state index contributed by atoms with van der Waals surface area (Å²) in [6.45, 7) is 4.48. The monoisotopic (exact) mass is 302 g/mol. The molecular weight excluding hydrogens is 280 g/mol. The molecule has 1 saturated carbocycles. The molecule has 1 fully saturated rings. The van der Waals surface area contributed by atoms with Gasteiger partial charge in [-0.1, -0.05) is 19.8 Å². The minimum atomic E-state index is -3.38. The van der Waals surface area contributed by atoms with Crippen molar-refractivity contribution in [2.45, 2.75) is 56.3 Å². The molecule has 0 radical (unpaired) electrons. The maximum Gasteiger partial charge on any atom is 0.250 e. The van der Waals surface area contributed by atoms with Crippen molar-refractivity contribution in [3.05, 3.63) is 16.5 Å². The van der Waals surface area contributed by atoms with E-state index in [4.69, 9.17) is 5.73 Å². The van der Waals surface area contributed by atoms with Gasteiger partial charge in [0.15, 0.2) is 0 Å². The summed E-state index contributed by atoms with van der Waals surface area (Å²) >= 11 is 1.28. The first kappa shape index (κ1) is 15.0. The van der Waals surface area contributed by atoms with Gasteiger partial charge >= 0.3 is 0 Å². The molecule has 2 rings (SSSR count). The van der Waals surface area contributed by atoms with Gasteiger partial charge in [0.25, 0.3) is 0 Å². The van der Waals surface area contributed by atoms with Crippen molar-refractivity contribution in [2.24, 2.45) is 11.7 Å². The SMILES string of the molecule is Cc1cc(S(=O)(=O)NC2CCCC(C)C2)sc1CN. The second kappa shape index (κ2) is 5.91. The first-order valence-electron chi connectivity index (χ1n) is 6.74. The molecular formula is C13H22N2O2S2. The van der Waals surface area contributed by atoms with Crippen LogP contribution in [0.1, 0.15) is 43.0 Å². The van der Waals surface area contributed by atoms with Crippen LogP contribution in [0.4, 0.5) is 0 Å². The summed E-state index contributed by atoms with van der Waals surface area (Å²) in [6.07, 6.45) is 4.19. The second-order valence-corrected chi connectivity index (χ2v) is 8.54. The predicted molar refractivity (Wildman–Crippen MR) is 78.7 cm³/mol. The van der Waals surface area contributed by atoms with E-state index in [0.717, 1.165) is 29.7 Å². The third-order valence-electron chi connectivity index (χ3n) is 3.71. The number of thiophene rings is 1. The van der Waals surface area contributed by atoms with Crippen LogP contribution < -0.4 is 10.5 Å². The van der Waals surface area contributed by atoms with Crippen LogP contribution in [0.15, 0.2) is 10.3 Å². The van der Waals surface area contributed by atoms with Gasteiger partial charge in [-0.25, -0.2) is 13.1 Å². The second-order valence-electron chi connectivity index (χ2n) is 5.47. The Kier molecular flexibility index (Phi) is 4.66. The molecule has 0 saturated heterocycles. The van der Waals surface area contributed by atoms with E-state index in [9.17, 15) is 8.42 Å². The molecule has 1 aromatic heterocycles. The average Bonchev–Trinajstić information content (AvgIpc) is 2.71. The van der Waals surface area contributed by atoms with Crippen LogP contribution in [-0.2, 0) is 16.6 Å². The van der Waals surface area contributed by atoms with Crippen LogP contribution in [0.3, 0.4) is 0 Å². The molecule has 2 atom stereocenters. The maximum atomic E-state index is 12.3. The number of nitrogens with two attached hydrogens (primary N) is 1. The minimum absolute atomic E-state index is 0.0810. The molecule has 108 valence electrons. The fraction of sp³-hybridized carbons (Fsp3) is 0.692. The third-order valence-corrected chi connectivity index (χ3v) is 6.96. The Hall–Kier alpha value is -0.430. The lowest BCUT2D eigenvalue weighted by atomic mass is 9.88. The number of hydrogen-bond donors (Lipinski definition) is 2.